The van der Waals surface area contributed by atoms with Crippen LogP contribution in [0.2, 0.25) is 0 Å². The predicted molar refractivity (Wildman–Crippen MR) is 66.7 cm³/mol. The zero-order valence-corrected chi connectivity index (χ0v) is 10.1. The van der Waals surface area contributed by atoms with Gasteiger partial charge in [0, 0.05) is 11.3 Å². The molecular weight excluding hydrogens is 266 g/mol. The second-order valence-corrected chi connectivity index (χ2v) is 3.55. The maximum absolute atomic E-state index is 11.5. The van der Waals surface area contributed by atoms with Gasteiger partial charge in [-0.25, -0.2) is 5.43 Å². The fourth-order valence-electron chi connectivity index (χ4n) is 1.25. The molecule has 0 aliphatic rings. The van der Waals surface area contributed by atoms with Crippen LogP contribution in [0.25, 0.3) is 0 Å². The highest BCUT2D eigenvalue weighted by molar-refractivity contribution is 5.80. The smallest absolute Gasteiger partial charge is 0.390 e. The Labute approximate surface area is 112 Å². The molecule has 2 aromatic heterocycles. The lowest BCUT2D eigenvalue weighted by atomic mass is 10.4. The first-order chi connectivity index (χ1) is 9.65. The van der Waals surface area contributed by atoms with Crippen molar-refractivity contribution in [3.63, 3.8) is 0 Å². The lowest BCUT2D eigenvalue weighted by Crippen LogP contribution is -2.23. The van der Waals surface area contributed by atoms with E-state index in [4.69, 9.17) is 0 Å². The summed E-state index contributed by atoms with van der Waals surface area (Å²) in [6, 6.07) is 5.26. The van der Waals surface area contributed by atoms with E-state index in [0.29, 0.717) is 5.69 Å². The Morgan fingerprint density at radius 1 is 1.50 bits per heavy atom. The summed E-state index contributed by atoms with van der Waals surface area (Å²) in [4.78, 5) is 28.5. The number of rotatable bonds is 5. The molecule has 0 aromatic carbocycles. The van der Waals surface area contributed by atoms with Gasteiger partial charge in [-0.15, -0.1) is 0 Å². The number of hydrogen-bond donors (Lipinski definition) is 1. The molecule has 2 aromatic rings. The molecule has 1 N–H and O–H groups in total. The third-order valence-corrected chi connectivity index (χ3v) is 2.07. The van der Waals surface area contributed by atoms with E-state index in [0.717, 1.165) is 11.0 Å². The van der Waals surface area contributed by atoms with Crippen molar-refractivity contribution in [2.24, 2.45) is 5.10 Å². The highest BCUT2D eigenvalue weighted by Crippen LogP contribution is 1.99. The number of aromatic nitrogens is 4. The van der Waals surface area contributed by atoms with E-state index in [-0.39, 0.29) is 6.54 Å². The summed E-state index contributed by atoms with van der Waals surface area (Å²) in [5.41, 5.74) is 2.84. The van der Waals surface area contributed by atoms with E-state index in [2.05, 4.69) is 25.6 Å². The van der Waals surface area contributed by atoms with Crippen molar-refractivity contribution in [2.45, 2.75) is 6.54 Å². The fraction of sp³-hybridized carbons (Fsp3) is 0.100. The molecule has 2 rings (SSSR count). The largest absolute Gasteiger partial charge is 0.490 e. The normalized spacial score (nSPS) is 10.6. The Bertz CT molecular complexity index is 637. The van der Waals surface area contributed by atoms with Crippen LogP contribution >= 0.6 is 0 Å². The molecule has 102 valence electrons. The average Bonchev–Trinajstić information content (AvgIpc) is 2.88. The summed E-state index contributed by atoms with van der Waals surface area (Å²) in [7, 11) is 0. The van der Waals surface area contributed by atoms with Crippen molar-refractivity contribution in [1.29, 1.82) is 0 Å². The van der Waals surface area contributed by atoms with Gasteiger partial charge in [0.25, 0.3) is 5.91 Å². The van der Waals surface area contributed by atoms with Crippen LogP contribution in [0.4, 0.5) is 5.95 Å². The third-order valence-electron chi connectivity index (χ3n) is 2.07. The van der Waals surface area contributed by atoms with Gasteiger partial charge in [0.2, 0.25) is 6.33 Å². The minimum absolute atomic E-state index is 0.222. The van der Waals surface area contributed by atoms with E-state index in [9.17, 15) is 14.9 Å². The highest BCUT2D eigenvalue weighted by atomic mass is 16.6. The Hall–Kier alpha value is -3.17. The lowest BCUT2D eigenvalue weighted by Gasteiger charge is -1.96. The second kappa shape index (κ2) is 6.13. The Morgan fingerprint density at radius 2 is 2.35 bits per heavy atom. The summed E-state index contributed by atoms with van der Waals surface area (Å²) in [5, 5.41) is 17.6. The van der Waals surface area contributed by atoms with Crippen LogP contribution in [0, 0.1) is 10.1 Å². The van der Waals surface area contributed by atoms with Crippen LogP contribution < -0.4 is 5.43 Å². The first-order valence-corrected chi connectivity index (χ1v) is 5.42. The average molecular weight is 275 g/mol. The number of hydrogen-bond acceptors (Lipinski definition) is 7. The molecule has 0 aliphatic heterocycles. The molecule has 0 bridgehead atoms. The summed E-state index contributed by atoms with van der Waals surface area (Å²) in [5.74, 6) is -1.05. The van der Waals surface area contributed by atoms with Crippen molar-refractivity contribution in [1.82, 2.24) is 25.2 Å². The Morgan fingerprint density at radius 3 is 3.00 bits per heavy atom. The fourth-order valence-corrected chi connectivity index (χ4v) is 1.25. The van der Waals surface area contributed by atoms with Crippen molar-refractivity contribution >= 4 is 18.1 Å². The molecule has 0 unspecified atom stereocenters. The third kappa shape index (κ3) is 3.66. The monoisotopic (exact) mass is 275 g/mol. The molecule has 0 aliphatic carbocycles. The zero-order valence-electron chi connectivity index (χ0n) is 10.1. The van der Waals surface area contributed by atoms with Crippen molar-refractivity contribution < 1.29 is 9.72 Å². The van der Waals surface area contributed by atoms with Gasteiger partial charge in [-0.3, -0.25) is 9.78 Å². The van der Waals surface area contributed by atoms with Gasteiger partial charge >= 0.3 is 5.95 Å². The van der Waals surface area contributed by atoms with Gasteiger partial charge in [-0.05, 0) is 17.1 Å². The number of hydrazone groups is 1. The van der Waals surface area contributed by atoms with Crippen molar-refractivity contribution in [3.8, 4) is 0 Å². The number of pyridine rings is 1. The van der Waals surface area contributed by atoms with Crippen LogP contribution in [0.1, 0.15) is 5.69 Å². The van der Waals surface area contributed by atoms with Gasteiger partial charge in [-0.1, -0.05) is 11.1 Å². The number of carbonyl (C=O) groups is 1. The predicted octanol–water partition coefficient (Wildman–Crippen LogP) is -0.268. The molecule has 0 saturated heterocycles. The quantitative estimate of drug-likeness (QED) is 0.454. The van der Waals surface area contributed by atoms with Gasteiger partial charge in [-0.2, -0.15) is 9.78 Å². The van der Waals surface area contributed by atoms with Crippen molar-refractivity contribution in [3.05, 3.63) is 46.5 Å². The summed E-state index contributed by atoms with van der Waals surface area (Å²) < 4.78 is 1.05. The van der Waals surface area contributed by atoms with E-state index in [1.165, 1.54) is 6.21 Å². The van der Waals surface area contributed by atoms with Gasteiger partial charge in [0.05, 0.1) is 11.9 Å². The molecular formula is C10H9N7O3. The molecule has 10 heteroatoms. The summed E-state index contributed by atoms with van der Waals surface area (Å²) >= 11 is 0. The van der Waals surface area contributed by atoms with Crippen LogP contribution in [0.3, 0.4) is 0 Å². The first-order valence-electron chi connectivity index (χ1n) is 5.42. The standard InChI is InChI=1S/C10H9N7O3/c18-9(6-16-7-12-10(15-16)17(19)20)14-13-5-8-3-1-2-4-11-8/h1-5,7H,6H2,(H,14,18)/b13-5+. The van der Waals surface area contributed by atoms with E-state index >= 15 is 0 Å². The molecule has 10 nitrogen and oxygen atoms in total. The number of nitrogens with one attached hydrogen (secondary N) is 1. The first kappa shape index (κ1) is 13.3. The molecule has 1 amide bonds. The molecule has 0 fully saturated rings. The zero-order chi connectivity index (χ0) is 14.4. The lowest BCUT2D eigenvalue weighted by molar-refractivity contribution is -0.394. The topological polar surface area (TPSA) is 128 Å². The van der Waals surface area contributed by atoms with E-state index in [1.54, 1.807) is 24.4 Å². The van der Waals surface area contributed by atoms with Gasteiger partial charge in [0.1, 0.15) is 6.54 Å². The maximum atomic E-state index is 11.5. The molecule has 0 radical (unpaired) electrons. The van der Waals surface area contributed by atoms with Gasteiger partial charge < -0.3 is 10.1 Å². The summed E-state index contributed by atoms with van der Waals surface area (Å²) in [6.07, 6.45) is 4.07. The van der Waals surface area contributed by atoms with Crippen LogP contribution in [-0.2, 0) is 11.3 Å². The molecule has 20 heavy (non-hydrogen) atoms. The number of amides is 1. The maximum Gasteiger partial charge on any atom is 0.490 e. The van der Waals surface area contributed by atoms with E-state index in [1.807, 2.05) is 0 Å². The van der Waals surface area contributed by atoms with Gasteiger partial charge in [0.15, 0.2) is 0 Å². The number of nitro groups is 1. The summed E-state index contributed by atoms with van der Waals surface area (Å²) in [6.45, 7) is -0.222. The van der Waals surface area contributed by atoms with Crippen LogP contribution in [-0.4, -0.2) is 36.8 Å². The minimum atomic E-state index is -0.742. The minimum Gasteiger partial charge on any atom is -0.390 e. The van der Waals surface area contributed by atoms with Crippen molar-refractivity contribution in [2.75, 3.05) is 0 Å². The van der Waals surface area contributed by atoms with Crippen LogP contribution in [0.15, 0.2) is 35.8 Å². The molecule has 0 saturated carbocycles. The SMILES string of the molecule is O=C(Cn1cnc([N+](=O)[O-])n1)N/N=C/c1ccccn1. The highest BCUT2D eigenvalue weighted by Gasteiger charge is 2.14. The molecule has 0 atom stereocenters. The number of nitrogens with zero attached hydrogens (tertiary/aromatic N) is 6. The second-order valence-electron chi connectivity index (χ2n) is 3.55. The Balaban J connectivity index is 1.86. The number of carbonyl (C=O) groups excluding carboxylic acids is 1. The Kier molecular flexibility index (Phi) is 4.07. The molecule has 0 spiro atoms. The molecule has 2 heterocycles. The van der Waals surface area contributed by atoms with E-state index < -0.39 is 16.8 Å². The van der Waals surface area contributed by atoms with Crippen LogP contribution in [0.5, 0.6) is 0 Å².